The molecule has 0 radical (unpaired) electrons. The van der Waals surface area contributed by atoms with Gasteiger partial charge in [0, 0.05) is 22.4 Å². The first-order valence-corrected chi connectivity index (χ1v) is 10.4. The van der Waals surface area contributed by atoms with Crippen LogP contribution in [0.1, 0.15) is 26.3 Å². The van der Waals surface area contributed by atoms with Crippen molar-refractivity contribution in [3.63, 3.8) is 0 Å². The highest BCUT2D eigenvalue weighted by Crippen LogP contribution is 2.38. The number of hydrogen-bond donors (Lipinski definition) is 2. The number of benzene rings is 4. The smallest absolute Gasteiger partial charge is 0.256 e. The molecule has 0 spiro atoms. The third-order valence-corrected chi connectivity index (χ3v) is 5.73. The lowest BCUT2D eigenvalue weighted by Gasteiger charge is -2.17. The van der Waals surface area contributed by atoms with Crippen LogP contribution in [0.5, 0.6) is 0 Å². The number of carbonyl (C=O) groups excluding carboxylic acids is 3. The molecule has 5 rings (SSSR count). The van der Waals surface area contributed by atoms with Crippen LogP contribution in [0.3, 0.4) is 0 Å². The normalized spacial score (nSPS) is 12.9. The average Bonchev–Trinajstić information content (AvgIpc) is 2.93. The minimum absolute atomic E-state index is 0.214. The molecule has 4 aromatic rings. The van der Waals surface area contributed by atoms with Crippen LogP contribution in [0.2, 0.25) is 0 Å². The molecule has 0 aromatic heterocycles. The number of rotatable bonds is 5. The quantitative estimate of drug-likeness (QED) is 0.463. The zero-order valence-corrected chi connectivity index (χ0v) is 17.2. The molecule has 156 valence electrons. The molecule has 0 fully saturated rings. The summed E-state index contributed by atoms with van der Waals surface area (Å²) in [6.07, 6.45) is 1.16. The lowest BCUT2D eigenvalue weighted by Crippen LogP contribution is -2.37. The van der Waals surface area contributed by atoms with Crippen molar-refractivity contribution in [2.45, 2.75) is 12.5 Å². The highest BCUT2D eigenvalue weighted by atomic mass is 16.2. The fraction of sp³-hybridized carbons (Fsp3) is 0.0741. The van der Waals surface area contributed by atoms with E-state index >= 15 is 0 Å². The van der Waals surface area contributed by atoms with Gasteiger partial charge in [-0.2, -0.15) is 0 Å². The summed E-state index contributed by atoms with van der Waals surface area (Å²) < 4.78 is 0. The van der Waals surface area contributed by atoms with Gasteiger partial charge in [-0.05, 0) is 52.6 Å². The molecule has 5 nitrogen and oxygen atoms in total. The van der Waals surface area contributed by atoms with Crippen LogP contribution in [-0.2, 0) is 11.2 Å². The second kappa shape index (κ2) is 8.12. The molecule has 1 aliphatic rings. The average molecular weight is 420 g/mol. The van der Waals surface area contributed by atoms with Crippen LogP contribution in [0.4, 0.5) is 5.69 Å². The van der Waals surface area contributed by atoms with E-state index in [1.54, 1.807) is 18.2 Å². The number of anilines is 1. The summed E-state index contributed by atoms with van der Waals surface area (Å²) in [5.41, 5.74) is 3.93. The maximum absolute atomic E-state index is 13.2. The Labute approximate surface area is 185 Å². The van der Waals surface area contributed by atoms with Gasteiger partial charge < -0.3 is 15.4 Å². The molecule has 0 aliphatic carbocycles. The first-order chi connectivity index (χ1) is 15.6. The maximum Gasteiger partial charge on any atom is 0.256 e. The first-order valence-electron chi connectivity index (χ1n) is 10.4. The van der Waals surface area contributed by atoms with E-state index in [0.717, 1.165) is 28.2 Å². The number of nitrogens with one attached hydrogen (secondary N) is 2. The zero-order chi connectivity index (χ0) is 22.1. The summed E-state index contributed by atoms with van der Waals surface area (Å²) in [5, 5.41) is 7.56. The van der Waals surface area contributed by atoms with Gasteiger partial charge in [0.1, 0.15) is 6.29 Å². The molecule has 1 atom stereocenters. The van der Waals surface area contributed by atoms with Crippen molar-refractivity contribution >= 4 is 34.6 Å². The van der Waals surface area contributed by atoms with Crippen molar-refractivity contribution in [1.82, 2.24) is 5.32 Å². The molecular weight excluding hydrogens is 400 g/mol. The number of aldehydes is 1. The van der Waals surface area contributed by atoms with Gasteiger partial charge in [-0.15, -0.1) is 0 Å². The van der Waals surface area contributed by atoms with E-state index in [2.05, 4.69) is 10.6 Å². The lowest BCUT2D eigenvalue weighted by atomic mass is 9.93. The Morgan fingerprint density at radius 2 is 1.72 bits per heavy atom. The largest absolute Gasteiger partial charge is 0.342 e. The van der Waals surface area contributed by atoms with E-state index in [0.29, 0.717) is 28.8 Å². The number of amides is 2. The van der Waals surface area contributed by atoms with E-state index in [1.165, 1.54) is 0 Å². The van der Waals surface area contributed by atoms with E-state index in [4.69, 9.17) is 0 Å². The second-order valence-corrected chi connectivity index (χ2v) is 7.83. The van der Waals surface area contributed by atoms with E-state index < -0.39 is 6.04 Å². The van der Waals surface area contributed by atoms with Gasteiger partial charge in [-0.1, -0.05) is 60.7 Å². The number of fused-ring (bicyclic) bond motifs is 6. The highest BCUT2D eigenvalue weighted by molar-refractivity contribution is 6.19. The molecular formula is C27H20N2O3. The standard InChI is InChI=1S/C27H20N2O3/c30-16-20(13-17-7-2-1-3-8-17)28-26(31)22-11-6-12-24-25(22)19-14-18-9-4-5-10-21(18)23(15-19)27(32)29-24/h1-12,14-16,20H,13H2,(H,28,31)(H,29,32)/t20-/m0/s1. The van der Waals surface area contributed by atoms with Gasteiger partial charge in [0.05, 0.1) is 6.04 Å². The molecule has 1 aliphatic heterocycles. The third kappa shape index (κ3) is 3.54. The van der Waals surface area contributed by atoms with Gasteiger partial charge in [0.2, 0.25) is 0 Å². The zero-order valence-electron chi connectivity index (χ0n) is 17.2. The second-order valence-electron chi connectivity index (χ2n) is 7.83. The predicted octanol–water partition coefficient (Wildman–Crippen LogP) is 4.61. The van der Waals surface area contributed by atoms with Crippen molar-refractivity contribution in [2.24, 2.45) is 0 Å². The summed E-state index contributed by atoms with van der Waals surface area (Å²) in [6, 6.07) is 25.6. The van der Waals surface area contributed by atoms with Crippen molar-refractivity contribution in [1.29, 1.82) is 0 Å². The molecule has 1 heterocycles. The van der Waals surface area contributed by atoms with Crippen LogP contribution in [0, 0.1) is 0 Å². The SMILES string of the molecule is O=C[C@H](Cc1ccccc1)NC(=O)c1cccc2c1-c1cc(c3ccccc3c1)C(=O)N2. The van der Waals surface area contributed by atoms with Crippen LogP contribution >= 0.6 is 0 Å². The Morgan fingerprint density at radius 1 is 0.938 bits per heavy atom. The molecule has 0 unspecified atom stereocenters. The van der Waals surface area contributed by atoms with Crippen molar-refractivity contribution in [3.8, 4) is 11.1 Å². The Kier molecular flexibility index (Phi) is 5.00. The van der Waals surface area contributed by atoms with Gasteiger partial charge in [-0.3, -0.25) is 9.59 Å². The lowest BCUT2D eigenvalue weighted by molar-refractivity contribution is -0.109. The maximum atomic E-state index is 13.2. The summed E-state index contributed by atoms with van der Waals surface area (Å²) in [6.45, 7) is 0. The van der Waals surface area contributed by atoms with E-state index in [-0.39, 0.29) is 11.8 Å². The number of carbonyl (C=O) groups is 3. The van der Waals surface area contributed by atoms with Gasteiger partial charge in [0.15, 0.2) is 0 Å². The summed E-state index contributed by atoms with van der Waals surface area (Å²) in [7, 11) is 0. The predicted molar refractivity (Wildman–Crippen MR) is 125 cm³/mol. The summed E-state index contributed by atoms with van der Waals surface area (Å²) >= 11 is 0. The van der Waals surface area contributed by atoms with Crippen LogP contribution in [-0.4, -0.2) is 24.1 Å². The third-order valence-electron chi connectivity index (χ3n) is 5.73. The Bertz CT molecular complexity index is 1360. The minimum atomic E-state index is -0.659. The molecule has 0 saturated heterocycles. The fourth-order valence-corrected chi connectivity index (χ4v) is 4.24. The molecule has 32 heavy (non-hydrogen) atoms. The van der Waals surface area contributed by atoms with Gasteiger partial charge in [-0.25, -0.2) is 0 Å². The Hall–Kier alpha value is -4.25. The highest BCUT2D eigenvalue weighted by Gasteiger charge is 2.25. The molecule has 2 amide bonds. The van der Waals surface area contributed by atoms with Crippen LogP contribution < -0.4 is 10.6 Å². The summed E-state index contributed by atoms with van der Waals surface area (Å²) in [4.78, 5) is 37.8. The Morgan fingerprint density at radius 3 is 2.53 bits per heavy atom. The molecule has 2 bridgehead atoms. The minimum Gasteiger partial charge on any atom is -0.342 e. The fourth-order valence-electron chi connectivity index (χ4n) is 4.24. The van der Waals surface area contributed by atoms with Crippen molar-refractivity contribution in [2.75, 3.05) is 5.32 Å². The van der Waals surface area contributed by atoms with Gasteiger partial charge in [0.25, 0.3) is 11.8 Å². The van der Waals surface area contributed by atoms with Crippen molar-refractivity contribution < 1.29 is 14.4 Å². The molecule has 2 N–H and O–H groups in total. The van der Waals surface area contributed by atoms with Crippen LogP contribution in [0.25, 0.3) is 21.9 Å². The molecule has 4 aromatic carbocycles. The topological polar surface area (TPSA) is 75.3 Å². The van der Waals surface area contributed by atoms with Crippen LogP contribution in [0.15, 0.2) is 84.9 Å². The molecule has 5 heteroatoms. The summed E-state index contributed by atoms with van der Waals surface area (Å²) in [5.74, 6) is -0.574. The molecule has 0 saturated carbocycles. The first kappa shape index (κ1) is 19.7. The number of hydrogen-bond acceptors (Lipinski definition) is 3. The van der Waals surface area contributed by atoms with E-state index in [9.17, 15) is 14.4 Å². The monoisotopic (exact) mass is 420 g/mol. The van der Waals surface area contributed by atoms with Gasteiger partial charge >= 0.3 is 0 Å². The Balaban J connectivity index is 1.54. The van der Waals surface area contributed by atoms with Crippen molar-refractivity contribution in [3.05, 3.63) is 102 Å². The van der Waals surface area contributed by atoms with E-state index in [1.807, 2.05) is 66.7 Å².